The second-order valence-corrected chi connectivity index (χ2v) is 4.83. The summed E-state index contributed by atoms with van der Waals surface area (Å²) < 4.78 is 5.20. The normalized spacial score (nSPS) is 10.5. The molecule has 0 radical (unpaired) electrons. The van der Waals surface area contributed by atoms with E-state index in [1.165, 1.54) is 6.39 Å². The minimum Gasteiger partial charge on any atom is -0.423 e. The molecule has 106 valence electrons. The molecule has 0 unspecified atom stereocenters. The zero-order chi connectivity index (χ0) is 14.7. The van der Waals surface area contributed by atoms with E-state index >= 15 is 0 Å². The van der Waals surface area contributed by atoms with Crippen molar-refractivity contribution in [3.8, 4) is 11.5 Å². The van der Waals surface area contributed by atoms with E-state index < -0.39 is 0 Å². The molecule has 0 atom stereocenters. The molecule has 21 heavy (non-hydrogen) atoms. The summed E-state index contributed by atoms with van der Waals surface area (Å²) >= 11 is 0. The minimum atomic E-state index is 0.525. The van der Waals surface area contributed by atoms with Crippen LogP contribution in [0.1, 0.15) is 11.1 Å². The summed E-state index contributed by atoms with van der Waals surface area (Å²) in [6.07, 6.45) is 1.33. The average Bonchev–Trinajstić information content (AvgIpc) is 3.02. The number of anilines is 2. The maximum atomic E-state index is 5.94. The van der Waals surface area contributed by atoms with E-state index in [0.717, 1.165) is 28.1 Å². The van der Waals surface area contributed by atoms with Crippen LogP contribution in [0.3, 0.4) is 0 Å². The minimum absolute atomic E-state index is 0.525. The number of para-hydroxylation sites is 1. The number of aromatic nitrogens is 2. The molecule has 2 aromatic carbocycles. The van der Waals surface area contributed by atoms with Crippen molar-refractivity contribution in [3.63, 3.8) is 0 Å². The molecule has 3 rings (SSSR count). The average molecular weight is 280 g/mol. The van der Waals surface area contributed by atoms with Crippen molar-refractivity contribution in [2.24, 2.45) is 0 Å². The van der Waals surface area contributed by atoms with Crippen molar-refractivity contribution >= 4 is 11.4 Å². The molecule has 0 aliphatic heterocycles. The zero-order valence-corrected chi connectivity index (χ0v) is 11.7. The number of hydrogen-bond acceptors (Lipinski definition) is 5. The van der Waals surface area contributed by atoms with Gasteiger partial charge >= 0.3 is 0 Å². The Morgan fingerprint density at radius 3 is 2.76 bits per heavy atom. The zero-order valence-electron chi connectivity index (χ0n) is 11.7. The first-order valence-electron chi connectivity index (χ1n) is 6.68. The van der Waals surface area contributed by atoms with Crippen molar-refractivity contribution in [1.82, 2.24) is 10.2 Å². The Morgan fingerprint density at radius 2 is 2.05 bits per heavy atom. The summed E-state index contributed by atoms with van der Waals surface area (Å²) in [5, 5.41) is 11.0. The van der Waals surface area contributed by atoms with Crippen LogP contribution in [-0.4, -0.2) is 10.2 Å². The Hall–Kier alpha value is -2.82. The lowest BCUT2D eigenvalue weighted by atomic mass is 10.1. The molecule has 0 bridgehead atoms. The topological polar surface area (TPSA) is 77.0 Å². The smallest absolute Gasteiger partial charge is 0.247 e. The lowest BCUT2D eigenvalue weighted by Crippen LogP contribution is -2.03. The van der Waals surface area contributed by atoms with Crippen LogP contribution in [0.5, 0.6) is 0 Å². The third-order valence-corrected chi connectivity index (χ3v) is 3.36. The standard InChI is InChI=1S/C16H16N4O/c1-11-8-12(16-20-19-10-21-16)6-7-15(11)18-9-13-4-2-3-5-14(13)17/h2-8,10,18H,9,17H2,1H3. The molecule has 0 spiro atoms. The maximum Gasteiger partial charge on any atom is 0.247 e. The van der Waals surface area contributed by atoms with Gasteiger partial charge in [-0.3, -0.25) is 0 Å². The number of nitrogens with two attached hydrogens (primary N) is 1. The van der Waals surface area contributed by atoms with Gasteiger partial charge < -0.3 is 15.5 Å². The summed E-state index contributed by atoms with van der Waals surface area (Å²) in [5.41, 5.74) is 10.9. The van der Waals surface area contributed by atoms with E-state index in [1.54, 1.807) is 0 Å². The van der Waals surface area contributed by atoms with Gasteiger partial charge in [-0.1, -0.05) is 18.2 Å². The molecule has 1 aromatic heterocycles. The van der Waals surface area contributed by atoms with Gasteiger partial charge in [0.2, 0.25) is 12.3 Å². The maximum absolute atomic E-state index is 5.94. The van der Waals surface area contributed by atoms with E-state index in [1.807, 2.05) is 49.4 Å². The Kier molecular flexibility index (Phi) is 3.55. The number of nitrogens with zero attached hydrogens (tertiary/aromatic N) is 2. The first-order valence-corrected chi connectivity index (χ1v) is 6.68. The quantitative estimate of drug-likeness (QED) is 0.717. The van der Waals surface area contributed by atoms with Gasteiger partial charge in [-0.05, 0) is 42.3 Å². The summed E-state index contributed by atoms with van der Waals surface area (Å²) in [5.74, 6) is 0.525. The van der Waals surface area contributed by atoms with Crippen LogP contribution in [0.25, 0.3) is 11.5 Å². The Morgan fingerprint density at radius 1 is 1.19 bits per heavy atom. The van der Waals surface area contributed by atoms with Gasteiger partial charge in [-0.2, -0.15) is 0 Å². The number of benzene rings is 2. The summed E-state index contributed by atoms with van der Waals surface area (Å²) in [6.45, 7) is 2.73. The van der Waals surface area contributed by atoms with E-state index in [0.29, 0.717) is 12.4 Å². The Bertz CT molecular complexity index is 738. The molecule has 1 heterocycles. The fraction of sp³-hybridized carbons (Fsp3) is 0.125. The van der Waals surface area contributed by atoms with Crippen LogP contribution in [-0.2, 0) is 6.54 Å². The highest BCUT2D eigenvalue weighted by atomic mass is 16.4. The van der Waals surface area contributed by atoms with Crippen LogP contribution in [0, 0.1) is 6.92 Å². The van der Waals surface area contributed by atoms with E-state index in [2.05, 4.69) is 15.5 Å². The largest absolute Gasteiger partial charge is 0.423 e. The predicted molar refractivity (Wildman–Crippen MR) is 82.7 cm³/mol. The summed E-state index contributed by atoms with van der Waals surface area (Å²) in [7, 11) is 0. The van der Waals surface area contributed by atoms with Gasteiger partial charge in [0.1, 0.15) is 0 Å². The van der Waals surface area contributed by atoms with Gasteiger partial charge in [0, 0.05) is 23.5 Å². The highest BCUT2D eigenvalue weighted by Gasteiger charge is 2.06. The van der Waals surface area contributed by atoms with E-state index in [9.17, 15) is 0 Å². The molecular weight excluding hydrogens is 264 g/mol. The molecule has 3 N–H and O–H groups in total. The van der Waals surface area contributed by atoms with Crippen molar-refractivity contribution in [3.05, 3.63) is 60.0 Å². The second-order valence-electron chi connectivity index (χ2n) is 4.83. The SMILES string of the molecule is Cc1cc(-c2nnco2)ccc1NCc1ccccc1N. The van der Waals surface area contributed by atoms with Crippen molar-refractivity contribution in [1.29, 1.82) is 0 Å². The van der Waals surface area contributed by atoms with Crippen molar-refractivity contribution < 1.29 is 4.42 Å². The summed E-state index contributed by atoms with van der Waals surface area (Å²) in [4.78, 5) is 0. The molecule has 0 aliphatic carbocycles. The van der Waals surface area contributed by atoms with E-state index in [4.69, 9.17) is 10.2 Å². The van der Waals surface area contributed by atoms with Gasteiger partial charge in [-0.15, -0.1) is 10.2 Å². The first-order chi connectivity index (χ1) is 10.2. The Labute approximate surface area is 122 Å². The third-order valence-electron chi connectivity index (χ3n) is 3.36. The van der Waals surface area contributed by atoms with Crippen LogP contribution < -0.4 is 11.1 Å². The molecule has 3 aromatic rings. The lowest BCUT2D eigenvalue weighted by molar-refractivity contribution is 0.568. The van der Waals surface area contributed by atoms with Gasteiger partial charge in [0.15, 0.2) is 0 Å². The molecule has 0 aliphatic rings. The Balaban J connectivity index is 1.76. The molecule has 0 saturated heterocycles. The predicted octanol–water partition coefficient (Wildman–Crippen LogP) is 3.24. The van der Waals surface area contributed by atoms with Crippen LogP contribution >= 0.6 is 0 Å². The molecule has 5 nitrogen and oxygen atoms in total. The molecule has 5 heteroatoms. The van der Waals surface area contributed by atoms with Crippen LogP contribution in [0.4, 0.5) is 11.4 Å². The van der Waals surface area contributed by atoms with Gasteiger partial charge in [-0.25, -0.2) is 0 Å². The van der Waals surface area contributed by atoms with Gasteiger partial charge in [0.05, 0.1) is 0 Å². The highest BCUT2D eigenvalue weighted by molar-refractivity contribution is 5.62. The van der Waals surface area contributed by atoms with E-state index in [-0.39, 0.29) is 0 Å². The number of aryl methyl sites for hydroxylation is 1. The molecule has 0 saturated carbocycles. The fourth-order valence-electron chi connectivity index (χ4n) is 2.18. The summed E-state index contributed by atoms with van der Waals surface area (Å²) in [6, 6.07) is 13.8. The fourth-order valence-corrected chi connectivity index (χ4v) is 2.18. The monoisotopic (exact) mass is 280 g/mol. The molecule has 0 fully saturated rings. The van der Waals surface area contributed by atoms with Crippen molar-refractivity contribution in [2.45, 2.75) is 13.5 Å². The first kappa shape index (κ1) is 13.2. The lowest BCUT2D eigenvalue weighted by Gasteiger charge is -2.11. The second kappa shape index (κ2) is 5.66. The van der Waals surface area contributed by atoms with Crippen LogP contribution in [0.2, 0.25) is 0 Å². The number of nitrogen functional groups attached to an aromatic ring is 1. The molecule has 0 amide bonds. The number of nitrogens with one attached hydrogen (secondary N) is 1. The third kappa shape index (κ3) is 2.86. The van der Waals surface area contributed by atoms with Crippen molar-refractivity contribution in [2.75, 3.05) is 11.1 Å². The highest BCUT2D eigenvalue weighted by Crippen LogP contribution is 2.24. The van der Waals surface area contributed by atoms with Crippen LogP contribution in [0.15, 0.2) is 53.3 Å². The van der Waals surface area contributed by atoms with Gasteiger partial charge in [0.25, 0.3) is 0 Å². The number of rotatable bonds is 4. The number of hydrogen-bond donors (Lipinski definition) is 2. The molecular formula is C16H16N4O.